The summed E-state index contributed by atoms with van der Waals surface area (Å²) in [6.07, 6.45) is 0. The molecule has 0 saturated heterocycles. The molecular formula is C21H27AuO12. The van der Waals surface area contributed by atoms with Crippen LogP contribution in [-0.4, -0.2) is 52.6 Å². The number of carboxylic acid groups (broad SMARTS) is 3. The summed E-state index contributed by atoms with van der Waals surface area (Å²) < 4.78 is 0. The third-order valence-electron chi connectivity index (χ3n) is 4.90. The number of carbonyl (C=O) groups excluding carboxylic acids is 9. The monoisotopic (exact) mass is 668 g/mol. The van der Waals surface area contributed by atoms with Gasteiger partial charge < -0.3 is 29.7 Å². The van der Waals surface area contributed by atoms with Crippen LogP contribution in [0.25, 0.3) is 0 Å². The molecule has 0 N–H and O–H groups in total. The summed E-state index contributed by atoms with van der Waals surface area (Å²) in [7, 11) is 0. The first-order valence-electron chi connectivity index (χ1n) is 9.20. The molecule has 12 nitrogen and oxygen atoms in total. The van der Waals surface area contributed by atoms with Gasteiger partial charge in [0.05, 0.1) is 16.2 Å². The summed E-state index contributed by atoms with van der Waals surface area (Å²) in [5.41, 5.74) is -4.38. The average molecular weight is 668 g/mol. The molecule has 0 unspecified atom stereocenters. The van der Waals surface area contributed by atoms with Crippen molar-refractivity contribution in [2.24, 2.45) is 16.2 Å². The summed E-state index contributed by atoms with van der Waals surface area (Å²) in [6.45, 7) is 11.0. The number of ketones is 6. The Hall–Kier alpha value is -2.83. The normalized spacial score (nSPS) is 10.5. The van der Waals surface area contributed by atoms with Gasteiger partial charge >= 0.3 is 22.4 Å². The molecule has 0 spiro atoms. The SMILES string of the molecule is CC(=O)C(C)(C)C(=O)C(=O)[O-].CC(=O)C(C)(C)C(=O)C(=O)[O-].CC(=O)C(C)(C)C(=O)C(=O)[O-].[Au+3]. The number of hydrogen-bond donors (Lipinski definition) is 0. The Morgan fingerprint density at radius 1 is 0.412 bits per heavy atom. The molecule has 0 aliphatic rings. The molecular weight excluding hydrogens is 641 g/mol. The Bertz CT molecular complexity index is 764. The molecule has 0 rings (SSSR count). The fraction of sp³-hybridized carbons (Fsp3) is 0.571. The standard InChI is InChI=1S/3C7H10O4.Au/c3*1-4(8)7(2,3)5(9)6(10)11;/h3*1-3H3,(H,10,11);/q;;;+3/p-3. The van der Waals surface area contributed by atoms with Crippen molar-refractivity contribution in [2.45, 2.75) is 62.3 Å². The van der Waals surface area contributed by atoms with Crippen LogP contribution in [0.3, 0.4) is 0 Å². The van der Waals surface area contributed by atoms with Crippen LogP contribution in [0.1, 0.15) is 62.3 Å². The zero-order valence-corrected chi connectivity index (χ0v) is 22.4. The molecule has 0 radical (unpaired) electrons. The van der Waals surface area contributed by atoms with Crippen LogP contribution >= 0.6 is 0 Å². The van der Waals surface area contributed by atoms with Gasteiger partial charge in [-0.3, -0.25) is 28.8 Å². The van der Waals surface area contributed by atoms with Crippen LogP contribution in [0.15, 0.2) is 0 Å². The van der Waals surface area contributed by atoms with Crippen molar-refractivity contribution < 1.29 is 80.9 Å². The van der Waals surface area contributed by atoms with Crippen LogP contribution in [0.5, 0.6) is 0 Å². The molecule has 0 amide bonds. The second kappa shape index (κ2) is 14.4. The molecule has 0 fully saturated rings. The molecule has 0 aromatic heterocycles. The minimum atomic E-state index is -1.81. The van der Waals surface area contributed by atoms with Gasteiger partial charge in [0.25, 0.3) is 0 Å². The Balaban J connectivity index is -0.000000196. The fourth-order valence-electron chi connectivity index (χ4n) is 1.25. The van der Waals surface area contributed by atoms with Crippen LogP contribution in [-0.2, 0) is 65.5 Å². The average Bonchev–Trinajstić information content (AvgIpc) is 2.66. The second-order valence-electron chi connectivity index (χ2n) is 8.39. The van der Waals surface area contributed by atoms with Gasteiger partial charge in [0.2, 0.25) is 0 Å². The second-order valence-corrected chi connectivity index (χ2v) is 8.39. The summed E-state index contributed by atoms with van der Waals surface area (Å²) in [6, 6.07) is 0. The largest absolute Gasteiger partial charge is 3.00 e. The van der Waals surface area contributed by atoms with E-state index in [0.717, 1.165) is 0 Å². The van der Waals surface area contributed by atoms with E-state index in [9.17, 15) is 58.5 Å². The van der Waals surface area contributed by atoms with Crippen molar-refractivity contribution >= 4 is 52.6 Å². The van der Waals surface area contributed by atoms with E-state index in [1.807, 2.05) is 0 Å². The molecule has 13 heteroatoms. The van der Waals surface area contributed by atoms with Gasteiger partial charge in [-0.2, -0.15) is 0 Å². The Labute approximate surface area is 212 Å². The summed E-state index contributed by atoms with van der Waals surface area (Å²) >= 11 is 0. The number of carbonyl (C=O) groups is 9. The van der Waals surface area contributed by atoms with E-state index in [0.29, 0.717) is 0 Å². The van der Waals surface area contributed by atoms with Crippen molar-refractivity contribution in [3.8, 4) is 0 Å². The minimum absolute atomic E-state index is 0. The van der Waals surface area contributed by atoms with Gasteiger partial charge in [-0.05, 0) is 62.3 Å². The van der Waals surface area contributed by atoms with E-state index in [1.165, 1.54) is 62.3 Å². The molecule has 0 saturated carbocycles. The predicted molar refractivity (Wildman–Crippen MR) is 103 cm³/mol. The van der Waals surface area contributed by atoms with E-state index < -0.39 is 68.9 Å². The zero-order chi connectivity index (χ0) is 27.7. The number of carboxylic acids is 3. The molecule has 0 aliphatic heterocycles. The van der Waals surface area contributed by atoms with Crippen molar-refractivity contribution in [3.63, 3.8) is 0 Å². The van der Waals surface area contributed by atoms with Crippen LogP contribution in [0.2, 0.25) is 0 Å². The molecule has 194 valence electrons. The maximum atomic E-state index is 10.7. The topological polar surface area (TPSA) is 223 Å². The molecule has 0 heterocycles. The van der Waals surface area contributed by atoms with Crippen molar-refractivity contribution in [1.29, 1.82) is 0 Å². The van der Waals surface area contributed by atoms with E-state index in [1.54, 1.807) is 0 Å². The molecule has 0 aromatic carbocycles. The van der Waals surface area contributed by atoms with Gasteiger partial charge in [0.15, 0.2) is 17.3 Å². The van der Waals surface area contributed by atoms with E-state index in [4.69, 9.17) is 0 Å². The first-order chi connectivity index (χ1) is 14.4. The third-order valence-corrected chi connectivity index (χ3v) is 4.90. The molecule has 0 aliphatic carbocycles. The van der Waals surface area contributed by atoms with Crippen LogP contribution in [0.4, 0.5) is 0 Å². The number of aliphatic carboxylic acids is 3. The first-order valence-corrected chi connectivity index (χ1v) is 9.20. The van der Waals surface area contributed by atoms with Crippen molar-refractivity contribution in [3.05, 3.63) is 0 Å². The third kappa shape index (κ3) is 11.3. The van der Waals surface area contributed by atoms with Gasteiger partial charge in [-0.25, -0.2) is 0 Å². The van der Waals surface area contributed by atoms with Gasteiger partial charge in [0, 0.05) is 0 Å². The maximum absolute atomic E-state index is 10.7. The van der Waals surface area contributed by atoms with Crippen LogP contribution < -0.4 is 15.3 Å². The Morgan fingerprint density at radius 3 is 0.559 bits per heavy atom. The minimum Gasteiger partial charge on any atom is -0.542 e. The van der Waals surface area contributed by atoms with E-state index in [-0.39, 0.29) is 22.4 Å². The van der Waals surface area contributed by atoms with Gasteiger partial charge in [-0.1, -0.05) is 0 Å². The Kier molecular flexibility index (Phi) is 16.3. The van der Waals surface area contributed by atoms with Crippen LogP contribution in [0, 0.1) is 16.2 Å². The van der Waals surface area contributed by atoms with Crippen molar-refractivity contribution in [1.82, 2.24) is 0 Å². The first kappa shape index (κ1) is 38.4. The van der Waals surface area contributed by atoms with E-state index >= 15 is 0 Å². The predicted octanol–water partition coefficient (Wildman–Crippen LogP) is -3.24. The van der Waals surface area contributed by atoms with Gasteiger partial charge in [-0.15, -0.1) is 0 Å². The van der Waals surface area contributed by atoms with Crippen molar-refractivity contribution in [2.75, 3.05) is 0 Å². The summed E-state index contributed by atoms with van der Waals surface area (Å²) in [5.74, 6) is -10.4. The fourth-order valence-corrected chi connectivity index (χ4v) is 1.25. The zero-order valence-electron chi connectivity index (χ0n) is 20.2. The molecule has 0 bridgehead atoms. The number of Topliss-reactive ketones (excluding diaryl/α,β-unsaturated/α-hetero) is 6. The molecule has 0 atom stereocenters. The van der Waals surface area contributed by atoms with Gasteiger partial charge in [0.1, 0.15) is 35.3 Å². The molecule has 0 aromatic rings. The van der Waals surface area contributed by atoms with E-state index in [2.05, 4.69) is 0 Å². The summed E-state index contributed by atoms with van der Waals surface area (Å²) in [5, 5.41) is 30.1. The maximum Gasteiger partial charge on any atom is 3.00 e. The number of hydrogen-bond acceptors (Lipinski definition) is 12. The number of rotatable bonds is 9. The quantitative estimate of drug-likeness (QED) is 0.134. The summed E-state index contributed by atoms with van der Waals surface area (Å²) in [4.78, 5) is 94.4. The molecule has 34 heavy (non-hydrogen) atoms. The smallest absolute Gasteiger partial charge is 0.542 e. The Morgan fingerprint density at radius 2 is 0.529 bits per heavy atom.